The average Bonchev–Trinajstić information content (AvgIpc) is 3.88. The van der Waals surface area contributed by atoms with Crippen molar-refractivity contribution in [2.24, 2.45) is 0 Å². The summed E-state index contributed by atoms with van der Waals surface area (Å²) in [4.78, 5) is 25.8. The van der Waals surface area contributed by atoms with Crippen molar-refractivity contribution in [2.75, 3.05) is 38.3 Å². The van der Waals surface area contributed by atoms with Gasteiger partial charge in [0.25, 0.3) is 5.79 Å². The largest absolute Gasteiger partial charge is 0.465 e. The quantitative estimate of drug-likeness (QED) is 0.205. The normalized spacial score (nSPS) is 22.0. The third kappa shape index (κ3) is 5.13. The van der Waals surface area contributed by atoms with Crippen molar-refractivity contribution >= 4 is 34.3 Å². The monoisotopic (exact) mass is 677 g/mol. The summed E-state index contributed by atoms with van der Waals surface area (Å²) in [5, 5.41) is 0.283. The summed E-state index contributed by atoms with van der Waals surface area (Å²) in [6, 6.07) is 12.7. The molecule has 0 aliphatic carbocycles. The number of nitrogens with zero attached hydrogens (tertiary/aromatic N) is 5. The van der Waals surface area contributed by atoms with E-state index in [9.17, 15) is 9.18 Å². The Balaban J connectivity index is 1.09. The number of carbonyl (C=O) groups is 1. The molecule has 48 heavy (non-hydrogen) atoms. The van der Waals surface area contributed by atoms with Gasteiger partial charge in [-0.2, -0.15) is 0 Å². The molecular weight excluding hydrogens is 648 g/mol. The van der Waals surface area contributed by atoms with Gasteiger partial charge in [-0.25, -0.2) is 23.5 Å². The summed E-state index contributed by atoms with van der Waals surface area (Å²) in [6.45, 7) is 4.52. The van der Waals surface area contributed by atoms with Crippen LogP contribution >= 0.6 is 11.6 Å². The highest BCUT2D eigenvalue weighted by Gasteiger charge is 2.46. The van der Waals surface area contributed by atoms with Gasteiger partial charge in [-0.15, -0.1) is 0 Å². The second kappa shape index (κ2) is 11.8. The van der Waals surface area contributed by atoms with Gasteiger partial charge < -0.3 is 32.8 Å². The van der Waals surface area contributed by atoms with E-state index in [1.807, 2.05) is 16.7 Å². The smallest absolute Gasteiger partial charge is 0.338 e. The Bertz CT molecular complexity index is 2040. The zero-order valence-corrected chi connectivity index (χ0v) is 26.7. The number of anilines is 1. The third-order valence-corrected chi connectivity index (χ3v) is 9.50. The highest BCUT2D eigenvalue weighted by molar-refractivity contribution is 6.30. The van der Waals surface area contributed by atoms with E-state index >= 15 is 4.39 Å². The number of piperazine rings is 1. The number of ether oxygens (including phenoxy) is 4. The Morgan fingerprint density at radius 1 is 1.06 bits per heavy atom. The van der Waals surface area contributed by atoms with Crippen LogP contribution in [0.5, 0.6) is 11.5 Å². The standard InChI is InChI=1S/C34H30ClF2N5O6/c1-34(22-7-6-20(35)12-23(22)36)47-29-5-3-4-25(32(29)48-34)41-9-8-40(27-16-45-17-28(27)41)14-30-39-31-24(37)10-19(33(43)44-2)11-26(31)42(30)13-21-15-46-18-38-21/h3-7,10-12,15,18,27-28H,8-9,13-14,16-17H2,1-2H3. The summed E-state index contributed by atoms with van der Waals surface area (Å²) in [6.07, 6.45) is 2.85. The highest BCUT2D eigenvalue weighted by atomic mass is 35.5. The average molecular weight is 678 g/mol. The molecule has 3 aliphatic heterocycles. The lowest BCUT2D eigenvalue weighted by Crippen LogP contribution is -2.59. The highest BCUT2D eigenvalue weighted by Crippen LogP contribution is 2.51. The lowest BCUT2D eigenvalue weighted by atomic mass is 10.0. The summed E-state index contributed by atoms with van der Waals surface area (Å²) in [5.41, 5.74) is 2.37. The first-order chi connectivity index (χ1) is 23.2. The Hall–Kier alpha value is -4.72. The second-order valence-electron chi connectivity index (χ2n) is 12.1. The minimum atomic E-state index is -1.38. The Kier molecular flexibility index (Phi) is 7.50. The summed E-state index contributed by atoms with van der Waals surface area (Å²) >= 11 is 6.00. The van der Waals surface area contributed by atoms with Crippen molar-refractivity contribution in [1.29, 1.82) is 0 Å². The molecule has 0 saturated carbocycles. The van der Waals surface area contributed by atoms with Gasteiger partial charge in [0.2, 0.25) is 0 Å². The fourth-order valence-electron chi connectivity index (χ4n) is 6.97. The number of rotatable bonds is 7. The number of benzene rings is 3. The molecule has 11 nitrogen and oxygen atoms in total. The van der Waals surface area contributed by atoms with Crippen LogP contribution in [-0.2, 0) is 28.4 Å². The maximum Gasteiger partial charge on any atom is 0.338 e. The van der Waals surface area contributed by atoms with Crippen LogP contribution in [0.3, 0.4) is 0 Å². The number of methoxy groups -OCH3 is 1. The van der Waals surface area contributed by atoms with Gasteiger partial charge >= 0.3 is 5.97 Å². The summed E-state index contributed by atoms with van der Waals surface area (Å²) in [5.74, 6) is -1.53. The number of imidazole rings is 1. The van der Waals surface area contributed by atoms with Crippen LogP contribution in [0.4, 0.5) is 14.5 Å². The van der Waals surface area contributed by atoms with Gasteiger partial charge in [-0.05, 0) is 42.5 Å². The molecule has 3 unspecified atom stereocenters. The number of esters is 1. The summed E-state index contributed by atoms with van der Waals surface area (Å²) < 4.78 is 60.9. The van der Waals surface area contributed by atoms with Gasteiger partial charge in [0.1, 0.15) is 23.4 Å². The van der Waals surface area contributed by atoms with Gasteiger partial charge in [0.05, 0.1) is 73.5 Å². The molecule has 3 aliphatic rings. The molecule has 2 fully saturated rings. The number of carbonyl (C=O) groups excluding carboxylic acids is 1. The third-order valence-electron chi connectivity index (χ3n) is 9.26. The van der Waals surface area contributed by atoms with Crippen LogP contribution in [-0.4, -0.2) is 70.9 Å². The van der Waals surface area contributed by atoms with Crippen molar-refractivity contribution < 1.29 is 36.9 Å². The lowest BCUT2D eigenvalue weighted by Gasteiger charge is -2.44. The van der Waals surface area contributed by atoms with Crippen molar-refractivity contribution in [1.82, 2.24) is 19.4 Å². The number of hydrogen-bond acceptors (Lipinski definition) is 10. The minimum absolute atomic E-state index is 0.0344. The molecule has 0 amide bonds. The first kappa shape index (κ1) is 30.6. The molecule has 5 heterocycles. The molecule has 0 bridgehead atoms. The van der Waals surface area contributed by atoms with Crippen LogP contribution < -0.4 is 14.4 Å². The Morgan fingerprint density at radius 2 is 1.92 bits per heavy atom. The maximum atomic E-state index is 15.4. The van der Waals surface area contributed by atoms with Crippen LogP contribution in [0, 0.1) is 11.6 Å². The first-order valence-corrected chi connectivity index (χ1v) is 15.8. The molecule has 0 N–H and O–H groups in total. The number of hydrogen-bond donors (Lipinski definition) is 0. The molecule has 0 spiro atoms. The van der Waals surface area contributed by atoms with Crippen LogP contribution in [0.15, 0.2) is 65.6 Å². The fraction of sp³-hybridized carbons (Fsp3) is 0.324. The number of halogens is 3. The first-order valence-electron chi connectivity index (χ1n) is 15.4. The summed E-state index contributed by atoms with van der Waals surface area (Å²) in [7, 11) is 1.25. The molecule has 3 aromatic carbocycles. The van der Waals surface area contributed by atoms with E-state index < -0.39 is 23.4 Å². The molecule has 5 aromatic rings. The lowest BCUT2D eigenvalue weighted by molar-refractivity contribution is -0.0705. The number of oxazole rings is 1. The molecule has 248 valence electrons. The maximum absolute atomic E-state index is 15.4. The van der Waals surface area contributed by atoms with Crippen LogP contribution in [0.1, 0.15) is 34.4 Å². The van der Waals surface area contributed by atoms with Gasteiger partial charge in [0, 0.05) is 25.0 Å². The van der Waals surface area contributed by atoms with Crippen LogP contribution in [0.2, 0.25) is 5.02 Å². The predicted octanol–water partition coefficient (Wildman–Crippen LogP) is 5.52. The van der Waals surface area contributed by atoms with Crippen molar-refractivity contribution in [3.8, 4) is 11.5 Å². The molecule has 2 saturated heterocycles. The van der Waals surface area contributed by atoms with Gasteiger partial charge in [-0.1, -0.05) is 17.7 Å². The Morgan fingerprint density at radius 3 is 2.71 bits per heavy atom. The molecular formula is C34H30ClF2N5O6. The topological polar surface area (TPSA) is 104 Å². The van der Waals surface area contributed by atoms with E-state index in [-0.39, 0.29) is 40.3 Å². The zero-order valence-electron chi connectivity index (χ0n) is 26.0. The fourth-order valence-corrected chi connectivity index (χ4v) is 7.13. The second-order valence-corrected chi connectivity index (χ2v) is 12.6. The van der Waals surface area contributed by atoms with E-state index in [1.54, 1.807) is 31.2 Å². The number of para-hydroxylation sites is 1. The minimum Gasteiger partial charge on any atom is -0.465 e. The molecule has 8 rings (SSSR count). The number of aromatic nitrogens is 3. The SMILES string of the molecule is COC(=O)c1cc(F)c2nc(CN3CCN(c4cccc5c4OC(C)(c4ccc(Cl)cc4F)O5)C4COCC43)n(Cc3cocn3)c2c1. The van der Waals surface area contributed by atoms with Gasteiger partial charge in [-0.3, -0.25) is 4.90 Å². The predicted molar refractivity (Wildman–Crippen MR) is 169 cm³/mol. The van der Waals surface area contributed by atoms with Gasteiger partial charge in [0.15, 0.2) is 23.7 Å². The van der Waals surface area contributed by atoms with Crippen molar-refractivity contribution in [2.45, 2.75) is 37.9 Å². The van der Waals surface area contributed by atoms with Crippen LogP contribution in [0.25, 0.3) is 11.0 Å². The van der Waals surface area contributed by atoms with Crippen molar-refractivity contribution in [3.05, 3.63) is 100 Å². The van der Waals surface area contributed by atoms with E-state index in [0.717, 1.165) is 11.8 Å². The zero-order chi connectivity index (χ0) is 33.2. The molecule has 14 heteroatoms. The van der Waals surface area contributed by atoms with E-state index in [4.69, 9.17) is 39.9 Å². The molecule has 2 aromatic heterocycles. The molecule has 3 atom stereocenters. The number of fused-ring (bicyclic) bond motifs is 3. The van der Waals surface area contributed by atoms with E-state index in [1.165, 1.54) is 25.8 Å². The van der Waals surface area contributed by atoms with Crippen molar-refractivity contribution in [3.63, 3.8) is 0 Å². The van der Waals surface area contributed by atoms with E-state index in [2.05, 4.69) is 14.8 Å². The Labute approximate surface area is 278 Å². The van der Waals surface area contributed by atoms with E-state index in [0.29, 0.717) is 61.4 Å². The molecule has 0 radical (unpaired) electrons.